The van der Waals surface area contributed by atoms with Crippen LogP contribution in [0.25, 0.3) is 0 Å². The molecular formula is C15H29F2N3O2S. The molecule has 0 spiro atoms. The first-order valence-corrected chi connectivity index (χ1v) is 10.0. The third-order valence-electron chi connectivity index (χ3n) is 5.16. The summed E-state index contributed by atoms with van der Waals surface area (Å²) in [5.74, 6) is -2.27. The van der Waals surface area contributed by atoms with Gasteiger partial charge >= 0.3 is 0 Å². The van der Waals surface area contributed by atoms with Crippen LogP contribution >= 0.6 is 0 Å². The molecule has 2 saturated heterocycles. The van der Waals surface area contributed by atoms with Gasteiger partial charge in [-0.2, -0.15) is 0 Å². The second kappa shape index (κ2) is 7.29. The fraction of sp³-hybridized carbons (Fsp3) is 1.00. The topological polar surface area (TPSA) is 43.9 Å². The number of piperidine rings is 2. The lowest BCUT2D eigenvalue weighted by atomic mass is 9.94. The monoisotopic (exact) mass is 353 g/mol. The molecule has 0 N–H and O–H groups in total. The molecule has 136 valence electrons. The summed E-state index contributed by atoms with van der Waals surface area (Å²) in [4.78, 5) is 3.47. The van der Waals surface area contributed by atoms with Crippen molar-refractivity contribution in [1.82, 2.24) is 14.1 Å². The summed E-state index contributed by atoms with van der Waals surface area (Å²) in [7, 11) is 0.383. The number of hydrogen-bond donors (Lipinski definition) is 0. The Morgan fingerprint density at radius 3 is 2.30 bits per heavy atom. The molecule has 2 aliphatic rings. The highest BCUT2D eigenvalue weighted by Crippen LogP contribution is 2.31. The molecule has 2 rings (SSSR count). The highest BCUT2D eigenvalue weighted by molar-refractivity contribution is 7.89. The van der Waals surface area contributed by atoms with Crippen LogP contribution in [-0.4, -0.2) is 87.1 Å². The van der Waals surface area contributed by atoms with E-state index < -0.39 is 22.0 Å². The maximum Gasteiger partial charge on any atom is 0.275 e. The zero-order valence-corrected chi connectivity index (χ0v) is 15.2. The molecule has 0 bridgehead atoms. The fourth-order valence-corrected chi connectivity index (χ4v) is 4.86. The number of alkyl halides is 2. The zero-order chi connectivity index (χ0) is 17.3. The predicted octanol–water partition coefficient (Wildman–Crippen LogP) is 1.32. The second-order valence-electron chi connectivity index (χ2n) is 6.99. The minimum atomic E-state index is -3.12. The van der Waals surface area contributed by atoms with Gasteiger partial charge < -0.3 is 4.90 Å². The van der Waals surface area contributed by atoms with Crippen molar-refractivity contribution in [3.05, 3.63) is 0 Å². The highest BCUT2D eigenvalue weighted by atomic mass is 32.2. The van der Waals surface area contributed by atoms with E-state index in [2.05, 4.69) is 0 Å². The first kappa shape index (κ1) is 19.0. The Morgan fingerprint density at radius 2 is 1.78 bits per heavy atom. The van der Waals surface area contributed by atoms with Crippen molar-refractivity contribution in [2.24, 2.45) is 5.92 Å². The SMILES string of the molecule is CCS(=O)(=O)N1CCC(CN(C)C2CCN(C)CC2(F)F)CC1. The van der Waals surface area contributed by atoms with Crippen LogP contribution in [0.1, 0.15) is 26.2 Å². The van der Waals surface area contributed by atoms with E-state index in [1.165, 1.54) is 4.31 Å². The lowest BCUT2D eigenvalue weighted by Crippen LogP contribution is -2.57. The Kier molecular flexibility index (Phi) is 6.03. The first-order chi connectivity index (χ1) is 10.7. The second-order valence-corrected chi connectivity index (χ2v) is 9.24. The van der Waals surface area contributed by atoms with Gasteiger partial charge in [0.05, 0.1) is 18.3 Å². The maximum atomic E-state index is 14.2. The smallest absolute Gasteiger partial charge is 0.275 e. The molecule has 0 aromatic rings. The summed E-state index contributed by atoms with van der Waals surface area (Å²) < 4.78 is 53.7. The zero-order valence-electron chi connectivity index (χ0n) is 14.3. The molecule has 0 radical (unpaired) electrons. The highest BCUT2D eigenvalue weighted by Gasteiger charge is 2.46. The minimum absolute atomic E-state index is 0.124. The van der Waals surface area contributed by atoms with Gasteiger partial charge in [-0.3, -0.25) is 4.90 Å². The standard InChI is InChI=1S/C15H29F2N3O2S/c1-4-23(21,22)20-9-5-13(6-10-20)11-19(3)14-7-8-18(2)12-15(14,16)17/h13-14H,4-12H2,1-3H3. The Morgan fingerprint density at radius 1 is 1.17 bits per heavy atom. The molecule has 5 nitrogen and oxygen atoms in total. The van der Waals surface area contributed by atoms with Gasteiger partial charge in [-0.05, 0) is 52.7 Å². The number of nitrogens with zero attached hydrogens (tertiary/aromatic N) is 3. The number of likely N-dealkylation sites (tertiary alicyclic amines) is 1. The lowest BCUT2D eigenvalue weighted by molar-refractivity contribution is -0.120. The summed E-state index contributed by atoms with van der Waals surface area (Å²) in [6, 6.07) is -0.712. The molecule has 0 aromatic carbocycles. The van der Waals surface area contributed by atoms with Crippen LogP contribution < -0.4 is 0 Å². The summed E-state index contributed by atoms with van der Waals surface area (Å²) in [5, 5.41) is 0. The van der Waals surface area contributed by atoms with Gasteiger partial charge in [-0.15, -0.1) is 0 Å². The van der Waals surface area contributed by atoms with Gasteiger partial charge in [0.1, 0.15) is 0 Å². The van der Waals surface area contributed by atoms with Crippen molar-refractivity contribution in [3.8, 4) is 0 Å². The van der Waals surface area contributed by atoms with Crippen LogP contribution in [-0.2, 0) is 10.0 Å². The average molecular weight is 353 g/mol. The lowest BCUT2D eigenvalue weighted by Gasteiger charge is -2.42. The van der Waals surface area contributed by atoms with Gasteiger partial charge in [0.2, 0.25) is 10.0 Å². The third-order valence-corrected chi connectivity index (χ3v) is 7.04. The van der Waals surface area contributed by atoms with E-state index in [-0.39, 0.29) is 12.3 Å². The largest absolute Gasteiger partial charge is 0.300 e. The van der Waals surface area contributed by atoms with Crippen LogP contribution in [0.15, 0.2) is 0 Å². The van der Waals surface area contributed by atoms with Gasteiger partial charge in [-0.1, -0.05) is 0 Å². The van der Waals surface area contributed by atoms with E-state index in [0.29, 0.717) is 38.5 Å². The molecule has 0 amide bonds. The van der Waals surface area contributed by atoms with E-state index in [4.69, 9.17) is 0 Å². The Hall–Kier alpha value is -0.310. The Bertz CT molecular complexity index is 493. The molecule has 2 aliphatic heterocycles. The van der Waals surface area contributed by atoms with Crippen molar-refractivity contribution in [2.45, 2.75) is 38.2 Å². The van der Waals surface area contributed by atoms with Crippen molar-refractivity contribution in [3.63, 3.8) is 0 Å². The van der Waals surface area contributed by atoms with Crippen LogP contribution in [0.2, 0.25) is 0 Å². The fourth-order valence-electron chi connectivity index (χ4n) is 3.73. The molecule has 8 heteroatoms. The molecular weight excluding hydrogens is 324 g/mol. The normalized spacial score (nSPS) is 28.3. The Balaban J connectivity index is 1.86. The molecule has 2 heterocycles. The van der Waals surface area contributed by atoms with Crippen molar-refractivity contribution < 1.29 is 17.2 Å². The first-order valence-electron chi connectivity index (χ1n) is 8.40. The van der Waals surface area contributed by atoms with Crippen molar-refractivity contribution in [1.29, 1.82) is 0 Å². The summed E-state index contributed by atoms with van der Waals surface area (Å²) >= 11 is 0. The van der Waals surface area contributed by atoms with E-state index in [0.717, 1.165) is 12.8 Å². The molecule has 0 aromatic heterocycles. The molecule has 1 atom stereocenters. The molecule has 23 heavy (non-hydrogen) atoms. The number of rotatable bonds is 5. The van der Waals surface area contributed by atoms with Gasteiger partial charge in [0.25, 0.3) is 5.92 Å². The van der Waals surface area contributed by atoms with Crippen LogP contribution in [0.5, 0.6) is 0 Å². The Labute approximate surface area is 138 Å². The van der Waals surface area contributed by atoms with E-state index in [1.54, 1.807) is 30.8 Å². The quantitative estimate of drug-likeness (QED) is 0.748. The van der Waals surface area contributed by atoms with Gasteiger partial charge in [0, 0.05) is 19.6 Å². The summed E-state index contributed by atoms with van der Waals surface area (Å²) in [6.45, 7) is 3.80. The van der Waals surface area contributed by atoms with E-state index >= 15 is 0 Å². The van der Waals surface area contributed by atoms with Crippen LogP contribution in [0.4, 0.5) is 8.78 Å². The summed E-state index contributed by atoms with van der Waals surface area (Å²) in [6.07, 6.45) is 1.98. The number of halogens is 2. The third kappa shape index (κ3) is 4.61. The van der Waals surface area contributed by atoms with E-state index in [1.807, 2.05) is 0 Å². The number of hydrogen-bond acceptors (Lipinski definition) is 4. The average Bonchev–Trinajstić information content (AvgIpc) is 2.46. The van der Waals surface area contributed by atoms with E-state index in [9.17, 15) is 17.2 Å². The maximum absolute atomic E-state index is 14.2. The molecule has 0 saturated carbocycles. The summed E-state index contributed by atoms with van der Waals surface area (Å²) in [5.41, 5.74) is 0. The minimum Gasteiger partial charge on any atom is -0.300 e. The van der Waals surface area contributed by atoms with Crippen molar-refractivity contribution >= 4 is 10.0 Å². The molecule has 2 fully saturated rings. The van der Waals surface area contributed by atoms with Gasteiger partial charge in [0.15, 0.2) is 0 Å². The predicted molar refractivity (Wildman–Crippen MR) is 87.2 cm³/mol. The molecule has 1 unspecified atom stereocenters. The number of sulfonamides is 1. The van der Waals surface area contributed by atoms with Crippen LogP contribution in [0.3, 0.4) is 0 Å². The molecule has 0 aliphatic carbocycles. The van der Waals surface area contributed by atoms with Crippen molar-refractivity contribution in [2.75, 3.05) is 52.6 Å². The van der Waals surface area contributed by atoms with Gasteiger partial charge in [-0.25, -0.2) is 21.5 Å². The van der Waals surface area contributed by atoms with Crippen LogP contribution in [0, 0.1) is 5.92 Å².